The van der Waals surface area contributed by atoms with Crippen molar-refractivity contribution < 1.29 is 9.53 Å². The first kappa shape index (κ1) is 19.2. The van der Waals surface area contributed by atoms with Crippen molar-refractivity contribution in [3.8, 4) is 5.75 Å². The number of carbonyl (C=O) groups excluding carboxylic acids is 1. The maximum atomic E-state index is 13.0. The molecule has 4 rings (SSSR count). The number of hydrogen-bond donors (Lipinski definition) is 1. The highest BCUT2D eigenvalue weighted by molar-refractivity contribution is 5.98. The molecule has 1 saturated carbocycles. The predicted octanol–water partition coefficient (Wildman–Crippen LogP) is 4.56. The number of H-pyrrole nitrogens is 1. The molecule has 1 saturated heterocycles. The lowest BCUT2D eigenvalue weighted by atomic mass is 9.85. The van der Waals surface area contributed by atoms with Crippen molar-refractivity contribution in [3.63, 3.8) is 0 Å². The Morgan fingerprint density at radius 2 is 2.07 bits per heavy atom. The summed E-state index contributed by atoms with van der Waals surface area (Å²) in [7, 11) is 1.64. The molecule has 5 nitrogen and oxygen atoms in total. The van der Waals surface area contributed by atoms with Crippen molar-refractivity contribution in [3.05, 3.63) is 47.3 Å². The van der Waals surface area contributed by atoms with Crippen LogP contribution in [0.15, 0.2) is 30.5 Å². The molecule has 2 fully saturated rings. The summed E-state index contributed by atoms with van der Waals surface area (Å²) in [5, 5.41) is 7.63. The van der Waals surface area contributed by atoms with E-state index in [4.69, 9.17) is 4.74 Å². The number of hydrogen-bond acceptors (Lipinski definition) is 4. The molecule has 0 bridgehead atoms. The molecule has 0 amide bonds. The van der Waals surface area contributed by atoms with E-state index in [-0.39, 0.29) is 11.7 Å². The monoisotopic (exact) mass is 381 g/mol. The highest BCUT2D eigenvalue weighted by Gasteiger charge is 2.28. The highest BCUT2D eigenvalue weighted by Crippen LogP contribution is 2.34. The lowest BCUT2D eigenvalue weighted by molar-refractivity contribution is 0.0811. The number of aromatic nitrogens is 2. The number of nitrogens with one attached hydrogen (secondary N) is 1. The molecule has 0 spiro atoms. The zero-order valence-electron chi connectivity index (χ0n) is 16.8. The van der Waals surface area contributed by atoms with Crippen molar-refractivity contribution in [1.82, 2.24) is 15.1 Å². The van der Waals surface area contributed by atoms with E-state index in [1.807, 2.05) is 30.5 Å². The van der Waals surface area contributed by atoms with Crippen LogP contribution in [0.5, 0.6) is 5.75 Å². The first-order valence-corrected chi connectivity index (χ1v) is 10.7. The maximum absolute atomic E-state index is 13.0. The average Bonchev–Trinajstić information content (AvgIpc) is 3.22. The van der Waals surface area contributed by atoms with E-state index in [0.717, 1.165) is 43.8 Å². The van der Waals surface area contributed by atoms with Gasteiger partial charge in [0.05, 0.1) is 13.3 Å². The van der Waals surface area contributed by atoms with Gasteiger partial charge in [0.25, 0.3) is 0 Å². The van der Waals surface area contributed by atoms with Gasteiger partial charge in [-0.2, -0.15) is 5.10 Å². The summed E-state index contributed by atoms with van der Waals surface area (Å²) in [4.78, 5) is 15.5. The standard InChI is InChI=1S/C23H31N3O2/c1-28-21-11-5-9-18(13-21)23(27)19-10-6-12-26(15-19)16-20-14-24-25-22(20)17-7-3-2-4-8-17/h5,9,11,13-14,17,19H,2-4,6-8,10,12,15-16H2,1H3,(H,24,25). The number of ether oxygens (including phenoxy) is 1. The fourth-order valence-electron chi connectivity index (χ4n) is 4.86. The zero-order chi connectivity index (χ0) is 19.3. The highest BCUT2D eigenvalue weighted by atomic mass is 16.5. The summed E-state index contributed by atoms with van der Waals surface area (Å²) in [6, 6.07) is 7.55. The Morgan fingerprint density at radius 3 is 2.89 bits per heavy atom. The number of nitrogens with zero attached hydrogens (tertiary/aromatic N) is 2. The lowest BCUT2D eigenvalue weighted by Gasteiger charge is -2.32. The van der Waals surface area contributed by atoms with Gasteiger partial charge in [0.15, 0.2) is 5.78 Å². The fraction of sp³-hybridized carbons (Fsp3) is 0.565. The molecule has 1 aromatic carbocycles. The van der Waals surface area contributed by atoms with Crippen LogP contribution in [0, 0.1) is 5.92 Å². The topological polar surface area (TPSA) is 58.2 Å². The van der Waals surface area contributed by atoms with E-state index in [1.165, 1.54) is 43.4 Å². The third-order valence-corrected chi connectivity index (χ3v) is 6.39. The Morgan fingerprint density at radius 1 is 1.21 bits per heavy atom. The average molecular weight is 382 g/mol. The van der Waals surface area contributed by atoms with Crippen molar-refractivity contribution in [2.45, 2.75) is 57.4 Å². The SMILES string of the molecule is COc1cccc(C(=O)C2CCCN(Cc3cn[nH]c3C3CCCCC3)C2)c1. The molecule has 0 radical (unpaired) electrons. The maximum Gasteiger partial charge on any atom is 0.167 e. The summed E-state index contributed by atoms with van der Waals surface area (Å²) in [6.45, 7) is 2.77. The van der Waals surface area contributed by atoms with Crippen LogP contribution in [0.1, 0.15) is 72.5 Å². The first-order chi connectivity index (χ1) is 13.7. The van der Waals surface area contributed by atoms with Gasteiger partial charge >= 0.3 is 0 Å². The lowest BCUT2D eigenvalue weighted by Crippen LogP contribution is -2.38. The van der Waals surface area contributed by atoms with E-state index in [1.54, 1.807) is 7.11 Å². The molecule has 1 unspecified atom stereocenters. The van der Waals surface area contributed by atoms with Crippen molar-refractivity contribution >= 4 is 5.78 Å². The number of piperidine rings is 1. The molecule has 1 aliphatic heterocycles. The third-order valence-electron chi connectivity index (χ3n) is 6.39. The van der Waals surface area contributed by atoms with E-state index < -0.39 is 0 Å². The van der Waals surface area contributed by atoms with Crippen LogP contribution in [0.2, 0.25) is 0 Å². The Kier molecular flexibility index (Phi) is 6.10. The Hall–Kier alpha value is -2.14. The van der Waals surface area contributed by atoms with Crippen LogP contribution >= 0.6 is 0 Å². The number of aromatic amines is 1. The second kappa shape index (κ2) is 8.91. The smallest absolute Gasteiger partial charge is 0.167 e. The minimum atomic E-state index is 0.0610. The molecular formula is C23H31N3O2. The van der Waals surface area contributed by atoms with E-state index in [0.29, 0.717) is 5.92 Å². The van der Waals surface area contributed by atoms with Crippen LogP contribution < -0.4 is 4.74 Å². The van der Waals surface area contributed by atoms with Crippen LogP contribution in [0.4, 0.5) is 0 Å². The fourth-order valence-corrected chi connectivity index (χ4v) is 4.86. The molecule has 1 N–H and O–H groups in total. The van der Waals surface area contributed by atoms with Crippen molar-refractivity contribution in [2.24, 2.45) is 5.92 Å². The van der Waals surface area contributed by atoms with Gasteiger partial charge < -0.3 is 4.74 Å². The number of benzene rings is 1. The van der Waals surface area contributed by atoms with Crippen molar-refractivity contribution in [1.29, 1.82) is 0 Å². The van der Waals surface area contributed by atoms with Gasteiger partial charge in [-0.05, 0) is 44.4 Å². The van der Waals surface area contributed by atoms with Gasteiger partial charge in [0.1, 0.15) is 5.75 Å². The quantitative estimate of drug-likeness (QED) is 0.745. The molecule has 1 aromatic heterocycles. The Labute approximate surface area is 167 Å². The van der Waals surface area contributed by atoms with Gasteiger partial charge in [-0.15, -0.1) is 0 Å². The molecule has 28 heavy (non-hydrogen) atoms. The number of Topliss-reactive ketones (excluding diaryl/α,β-unsaturated/α-hetero) is 1. The molecular weight excluding hydrogens is 350 g/mol. The summed E-state index contributed by atoms with van der Waals surface area (Å²) < 4.78 is 5.28. The van der Waals surface area contributed by atoms with Crippen LogP contribution in [-0.4, -0.2) is 41.1 Å². The van der Waals surface area contributed by atoms with Gasteiger partial charge in [-0.1, -0.05) is 31.4 Å². The predicted molar refractivity (Wildman–Crippen MR) is 110 cm³/mol. The second-order valence-corrected chi connectivity index (χ2v) is 8.31. The van der Waals surface area contributed by atoms with Gasteiger partial charge in [0.2, 0.25) is 0 Å². The molecule has 1 atom stereocenters. The first-order valence-electron chi connectivity index (χ1n) is 10.7. The normalized spacial score (nSPS) is 21.5. The number of ketones is 1. The van der Waals surface area contributed by atoms with E-state index in [9.17, 15) is 4.79 Å². The summed E-state index contributed by atoms with van der Waals surface area (Å²) >= 11 is 0. The number of likely N-dealkylation sites (tertiary alicyclic amines) is 1. The Balaban J connectivity index is 1.42. The number of rotatable bonds is 6. The summed E-state index contributed by atoms with van der Waals surface area (Å²) in [5.74, 6) is 1.67. The van der Waals surface area contributed by atoms with E-state index in [2.05, 4.69) is 15.1 Å². The van der Waals surface area contributed by atoms with Gasteiger partial charge in [0, 0.05) is 41.7 Å². The van der Waals surface area contributed by atoms with Crippen LogP contribution in [0.25, 0.3) is 0 Å². The molecule has 2 heterocycles. The van der Waals surface area contributed by atoms with Crippen molar-refractivity contribution in [2.75, 3.05) is 20.2 Å². The molecule has 1 aliphatic carbocycles. The van der Waals surface area contributed by atoms with Gasteiger partial charge in [-0.3, -0.25) is 14.8 Å². The van der Waals surface area contributed by atoms with Crippen LogP contribution in [0.3, 0.4) is 0 Å². The summed E-state index contributed by atoms with van der Waals surface area (Å²) in [6.07, 6.45) is 10.6. The van der Waals surface area contributed by atoms with Gasteiger partial charge in [-0.25, -0.2) is 0 Å². The third kappa shape index (κ3) is 4.30. The van der Waals surface area contributed by atoms with E-state index >= 15 is 0 Å². The number of methoxy groups -OCH3 is 1. The number of carbonyl (C=O) groups is 1. The second-order valence-electron chi connectivity index (χ2n) is 8.31. The molecule has 5 heteroatoms. The molecule has 2 aliphatic rings. The minimum Gasteiger partial charge on any atom is -0.497 e. The minimum absolute atomic E-state index is 0.0610. The largest absolute Gasteiger partial charge is 0.497 e. The van der Waals surface area contributed by atoms with Crippen LogP contribution in [-0.2, 0) is 6.54 Å². The molecule has 150 valence electrons. The zero-order valence-corrected chi connectivity index (χ0v) is 16.8. The Bertz CT molecular complexity index is 795. The molecule has 2 aromatic rings. The summed E-state index contributed by atoms with van der Waals surface area (Å²) in [5.41, 5.74) is 3.42.